The molecule has 3 aromatic rings. The van der Waals surface area contributed by atoms with Gasteiger partial charge < -0.3 is 9.67 Å². The normalized spacial score (nSPS) is 11.0. The van der Waals surface area contributed by atoms with Gasteiger partial charge in [-0.2, -0.15) is 0 Å². The summed E-state index contributed by atoms with van der Waals surface area (Å²) < 4.78 is 2.61. The summed E-state index contributed by atoms with van der Waals surface area (Å²) in [7, 11) is 1.76. The first-order valence-electron chi connectivity index (χ1n) is 6.26. The number of halogens is 2. The fourth-order valence-corrected chi connectivity index (χ4v) is 3.06. The summed E-state index contributed by atoms with van der Waals surface area (Å²) in [5, 5.41) is 11.1. The van der Waals surface area contributed by atoms with Crippen molar-refractivity contribution in [3.05, 3.63) is 57.7 Å². The van der Waals surface area contributed by atoms with E-state index in [1.54, 1.807) is 23.7 Å². The van der Waals surface area contributed by atoms with Gasteiger partial charge in [0.15, 0.2) is 0 Å². The van der Waals surface area contributed by atoms with Gasteiger partial charge in [-0.1, -0.05) is 39.7 Å². The van der Waals surface area contributed by atoms with Crippen molar-refractivity contribution >= 4 is 44.4 Å². The van der Waals surface area contributed by atoms with Gasteiger partial charge in [-0.15, -0.1) is 0 Å². The van der Waals surface area contributed by atoms with Crippen molar-refractivity contribution in [2.24, 2.45) is 7.05 Å². The van der Waals surface area contributed by atoms with Crippen LogP contribution in [-0.2, 0) is 7.05 Å². The second kappa shape index (κ2) is 5.20. The molecule has 0 fully saturated rings. The molecule has 0 aliphatic heterocycles. The molecule has 0 bridgehead atoms. The van der Waals surface area contributed by atoms with E-state index < -0.39 is 5.97 Å². The summed E-state index contributed by atoms with van der Waals surface area (Å²) >= 11 is 9.36. The Morgan fingerprint density at radius 2 is 1.86 bits per heavy atom. The number of aromatic carboxylic acids is 1. The molecule has 0 aliphatic carbocycles. The van der Waals surface area contributed by atoms with Gasteiger partial charge in [0, 0.05) is 33.0 Å². The highest BCUT2D eigenvalue weighted by atomic mass is 79.9. The molecule has 0 unspecified atom stereocenters. The Balaban J connectivity index is 2.43. The van der Waals surface area contributed by atoms with Crippen LogP contribution in [0.3, 0.4) is 0 Å². The SMILES string of the molecule is Cn1c(C(=O)O)c(-c2ccc(Cl)cc2)c2cc(Br)ccc21. The maximum absolute atomic E-state index is 11.7. The van der Waals surface area contributed by atoms with Gasteiger partial charge in [0.2, 0.25) is 0 Å². The molecule has 1 N–H and O–H groups in total. The largest absolute Gasteiger partial charge is 0.477 e. The van der Waals surface area contributed by atoms with E-state index in [-0.39, 0.29) is 5.69 Å². The Kier molecular flexibility index (Phi) is 3.51. The number of nitrogens with zero attached hydrogens (tertiary/aromatic N) is 1. The Bertz CT molecular complexity index is 853. The van der Waals surface area contributed by atoms with Crippen molar-refractivity contribution in [3.63, 3.8) is 0 Å². The maximum atomic E-state index is 11.7. The zero-order valence-electron chi connectivity index (χ0n) is 11.1. The molecule has 0 spiro atoms. The van der Waals surface area contributed by atoms with Crippen molar-refractivity contribution < 1.29 is 9.90 Å². The topological polar surface area (TPSA) is 42.2 Å². The molecule has 0 amide bonds. The zero-order chi connectivity index (χ0) is 15.1. The van der Waals surface area contributed by atoms with Gasteiger partial charge in [-0.05, 0) is 35.9 Å². The molecule has 3 nitrogen and oxygen atoms in total. The summed E-state index contributed by atoms with van der Waals surface area (Å²) in [5.74, 6) is -0.949. The lowest BCUT2D eigenvalue weighted by molar-refractivity contribution is 0.0688. The van der Waals surface area contributed by atoms with E-state index in [4.69, 9.17) is 11.6 Å². The Morgan fingerprint density at radius 3 is 2.48 bits per heavy atom. The first-order chi connectivity index (χ1) is 9.99. The number of aryl methyl sites for hydroxylation is 1. The van der Waals surface area contributed by atoms with E-state index in [1.165, 1.54) is 0 Å². The van der Waals surface area contributed by atoms with Crippen LogP contribution in [0.5, 0.6) is 0 Å². The van der Waals surface area contributed by atoms with Crippen LogP contribution in [0.1, 0.15) is 10.5 Å². The Labute approximate surface area is 134 Å². The molecule has 1 aromatic heterocycles. The van der Waals surface area contributed by atoms with Crippen LogP contribution in [0.25, 0.3) is 22.0 Å². The summed E-state index contributed by atoms with van der Waals surface area (Å²) in [5.41, 5.74) is 2.68. The second-order valence-electron chi connectivity index (χ2n) is 4.76. The number of benzene rings is 2. The molecule has 0 saturated carbocycles. The lowest BCUT2D eigenvalue weighted by Crippen LogP contribution is -2.05. The predicted molar refractivity (Wildman–Crippen MR) is 88.0 cm³/mol. The van der Waals surface area contributed by atoms with Crippen molar-refractivity contribution in [1.29, 1.82) is 0 Å². The molecule has 2 aromatic carbocycles. The minimum Gasteiger partial charge on any atom is -0.477 e. The van der Waals surface area contributed by atoms with Gasteiger partial charge in [-0.3, -0.25) is 0 Å². The first kappa shape index (κ1) is 14.2. The van der Waals surface area contributed by atoms with Gasteiger partial charge in [-0.25, -0.2) is 4.79 Å². The molecule has 3 rings (SSSR count). The monoisotopic (exact) mass is 363 g/mol. The van der Waals surface area contributed by atoms with Crippen LogP contribution in [0.2, 0.25) is 5.02 Å². The number of carboxylic acids is 1. The number of hydrogen-bond donors (Lipinski definition) is 1. The van der Waals surface area contributed by atoms with Crippen molar-refractivity contribution in [2.75, 3.05) is 0 Å². The van der Waals surface area contributed by atoms with E-state index in [2.05, 4.69) is 15.9 Å². The minimum atomic E-state index is -0.949. The quantitative estimate of drug-likeness (QED) is 0.698. The average molecular weight is 365 g/mol. The van der Waals surface area contributed by atoms with Crippen LogP contribution < -0.4 is 0 Å². The van der Waals surface area contributed by atoms with Crippen molar-refractivity contribution in [3.8, 4) is 11.1 Å². The highest BCUT2D eigenvalue weighted by Crippen LogP contribution is 2.36. The Hall–Kier alpha value is -1.78. The minimum absolute atomic E-state index is 0.269. The summed E-state index contributed by atoms with van der Waals surface area (Å²) in [4.78, 5) is 11.7. The third kappa shape index (κ3) is 2.34. The van der Waals surface area contributed by atoms with Gasteiger partial charge >= 0.3 is 5.97 Å². The van der Waals surface area contributed by atoms with Gasteiger partial charge in [0.1, 0.15) is 5.69 Å². The lowest BCUT2D eigenvalue weighted by Gasteiger charge is -2.04. The molecular weight excluding hydrogens is 354 g/mol. The molecule has 1 heterocycles. The van der Waals surface area contributed by atoms with Crippen LogP contribution in [0.4, 0.5) is 0 Å². The van der Waals surface area contributed by atoms with Crippen LogP contribution >= 0.6 is 27.5 Å². The summed E-state index contributed by atoms with van der Waals surface area (Å²) in [6.45, 7) is 0. The second-order valence-corrected chi connectivity index (χ2v) is 6.11. The van der Waals surface area contributed by atoms with Crippen LogP contribution in [0.15, 0.2) is 46.9 Å². The van der Waals surface area contributed by atoms with E-state index >= 15 is 0 Å². The van der Waals surface area contributed by atoms with E-state index in [9.17, 15) is 9.90 Å². The maximum Gasteiger partial charge on any atom is 0.353 e. The van der Waals surface area contributed by atoms with Crippen LogP contribution in [-0.4, -0.2) is 15.6 Å². The first-order valence-corrected chi connectivity index (χ1v) is 7.43. The summed E-state index contributed by atoms with van der Waals surface area (Å²) in [6.07, 6.45) is 0. The number of fused-ring (bicyclic) bond motifs is 1. The average Bonchev–Trinajstić information content (AvgIpc) is 2.72. The highest BCUT2D eigenvalue weighted by molar-refractivity contribution is 9.10. The molecule has 106 valence electrons. The zero-order valence-corrected chi connectivity index (χ0v) is 13.4. The fraction of sp³-hybridized carbons (Fsp3) is 0.0625. The van der Waals surface area contributed by atoms with Crippen molar-refractivity contribution in [1.82, 2.24) is 4.57 Å². The Morgan fingerprint density at radius 1 is 1.19 bits per heavy atom. The smallest absolute Gasteiger partial charge is 0.353 e. The molecule has 0 saturated heterocycles. The molecule has 21 heavy (non-hydrogen) atoms. The van der Waals surface area contributed by atoms with Gasteiger partial charge in [0.05, 0.1) is 0 Å². The van der Waals surface area contributed by atoms with Crippen LogP contribution in [0, 0.1) is 0 Å². The number of rotatable bonds is 2. The number of aromatic nitrogens is 1. The molecular formula is C16H11BrClNO2. The highest BCUT2D eigenvalue weighted by Gasteiger charge is 2.21. The number of carboxylic acid groups (broad SMARTS) is 1. The van der Waals surface area contributed by atoms with E-state index in [0.717, 1.165) is 20.9 Å². The molecule has 0 radical (unpaired) electrons. The number of carbonyl (C=O) groups is 1. The predicted octanol–water partition coefficient (Wildman–Crippen LogP) is 4.96. The molecule has 0 aliphatic rings. The molecule has 5 heteroatoms. The van der Waals surface area contributed by atoms with E-state index in [0.29, 0.717) is 10.6 Å². The number of hydrogen-bond acceptors (Lipinski definition) is 1. The third-order valence-electron chi connectivity index (χ3n) is 3.50. The van der Waals surface area contributed by atoms with Crippen molar-refractivity contribution in [2.45, 2.75) is 0 Å². The molecule has 0 atom stereocenters. The van der Waals surface area contributed by atoms with Gasteiger partial charge in [0.25, 0.3) is 0 Å². The third-order valence-corrected chi connectivity index (χ3v) is 4.24. The standard InChI is InChI=1S/C16H11BrClNO2/c1-19-13-7-4-10(17)8-12(13)14(15(19)16(20)21)9-2-5-11(18)6-3-9/h2-8H,1H3,(H,20,21). The van der Waals surface area contributed by atoms with E-state index in [1.807, 2.05) is 30.3 Å². The lowest BCUT2D eigenvalue weighted by atomic mass is 10.0. The fourth-order valence-electron chi connectivity index (χ4n) is 2.58. The summed E-state index contributed by atoms with van der Waals surface area (Å²) in [6, 6.07) is 12.9.